The minimum absolute atomic E-state index is 0.0291. The summed E-state index contributed by atoms with van der Waals surface area (Å²) in [6, 6.07) is 0. The molecule has 0 amide bonds. The van der Waals surface area contributed by atoms with Crippen LogP contribution in [0.1, 0.15) is 81.6 Å². The van der Waals surface area contributed by atoms with Gasteiger partial charge in [-0.25, -0.2) is 0 Å². The molecule has 0 radical (unpaired) electrons. The summed E-state index contributed by atoms with van der Waals surface area (Å²) in [5.41, 5.74) is -0.681. The highest BCUT2D eigenvalue weighted by atomic mass is 28.4. The number of hydrogen-bond acceptors (Lipinski definition) is 7. The fourth-order valence-corrected chi connectivity index (χ4v) is 10.0. The topological polar surface area (TPSA) is 83.5 Å². The number of hydrogen-bond donors (Lipinski definition) is 1. The molecule has 1 heterocycles. The fraction of sp³-hybridized carbons (Fsp3) is 0.909. The third-order valence-corrected chi connectivity index (χ3v) is 15.8. The Kier molecular flexibility index (Phi) is 13.8. The van der Waals surface area contributed by atoms with Crippen molar-refractivity contribution >= 4 is 30.9 Å². The maximum absolute atomic E-state index is 14.0. The minimum Gasteiger partial charge on any atom is -0.459 e. The number of aliphatic hydroxyl groups is 1. The van der Waals surface area contributed by atoms with Gasteiger partial charge in [-0.05, 0) is 116 Å². The van der Waals surface area contributed by atoms with E-state index in [9.17, 15) is 9.90 Å². The standard InChI is InChI=1S/C33H68O7Si3/c1-19-28-33(9,40-42(14,15)16)22-24(3)29(39-41(11,12)13)23(2)21-32(8,36-10)27(34)20-26(25(4)30(35)37-28)38-43(17,18)31(5,6)7/h22-23,25-29,34H,19-21H2,1-18H3/b24-22+/t23-,25-,26+,27-,28-,29-,32-,33+/m1/s1. The van der Waals surface area contributed by atoms with Crippen LogP contribution in [-0.4, -0.2) is 78.8 Å². The second-order valence-corrected chi connectivity index (χ2v) is 30.6. The quantitative estimate of drug-likeness (QED) is 0.159. The number of ether oxygens (including phenoxy) is 2. The second kappa shape index (κ2) is 14.6. The first-order valence-corrected chi connectivity index (χ1v) is 26.0. The summed E-state index contributed by atoms with van der Waals surface area (Å²) in [6.07, 6.45) is 1.44. The van der Waals surface area contributed by atoms with Crippen LogP contribution in [0.3, 0.4) is 0 Å². The van der Waals surface area contributed by atoms with Gasteiger partial charge in [0.2, 0.25) is 0 Å². The first kappa shape index (κ1) is 40.7. The maximum Gasteiger partial charge on any atom is 0.311 e. The van der Waals surface area contributed by atoms with Crippen molar-refractivity contribution in [3.05, 3.63) is 11.6 Å². The number of aliphatic hydroxyl groups excluding tert-OH is 1. The van der Waals surface area contributed by atoms with Gasteiger partial charge in [-0.2, -0.15) is 0 Å². The van der Waals surface area contributed by atoms with E-state index in [1.165, 1.54) is 0 Å². The Bertz CT molecular complexity index is 950. The molecule has 43 heavy (non-hydrogen) atoms. The molecule has 0 saturated carbocycles. The number of methoxy groups -OCH3 is 1. The van der Waals surface area contributed by atoms with Crippen molar-refractivity contribution in [2.75, 3.05) is 7.11 Å². The van der Waals surface area contributed by atoms with Crippen molar-refractivity contribution in [3.8, 4) is 0 Å². The van der Waals surface area contributed by atoms with Gasteiger partial charge in [0.25, 0.3) is 0 Å². The summed E-state index contributed by atoms with van der Waals surface area (Å²) >= 11 is 0. The molecule has 0 bridgehead atoms. The van der Waals surface area contributed by atoms with E-state index in [1.807, 2.05) is 20.8 Å². The zero-order chi connectivity index (χ0) is 34.0. The lowest BCUT2D eigenvalue weighted by Gasteiger charge is -2.45. The van der Waals surface area contributed by atoms with E-state index in [1.54, 1.807) is 7.11 Å². The van der Waals surface area contributed by atoms with Gasteiger partial charge in [0.15, 0.2) is 25.0 Å². The zero-order valence-corrected chi connectivity index (χ0v) is 34.1. The number of rotatable bonds is 8. The first-order chi connectivity index (χ1) is 19.1. The van der Waals surface area contributed by atoms with Gasteiger partial charge in [-0.3, -0.25) is 4.79 Å². The first-order valence-electron chi connectivity index (χ1n) is 16.3. The van der Waals surface area contributed by atoms with Crippen LogP contribution < -0.4 is 0 Å². The van der Waals surface area contributed by atoms with Crippen LogP contribution in [0.5, 0.6) is 0 Å². The number of esters is 1. The highest BCUT2D eigenvalue weighted by molar-refractivity contribution is 6.74. The molecule has 0 aliphatic carbocycles. The molecular formula is C33H68O7Si3. The van der Waals surface area contributed by atoms with E-state index in [0.29, 0.717) is 12.8 Å². The number of carbonyl (C=O) groups excluding carboxylic acids is 1. The lowest BCUT2D eigenvalue weighted by molar-refractivity contribution is -0.168. The van der Waals surface area contributed by atoms with Gasteiger partial charge < -0.3 is 27.9 Å². The van der Waals surface area contributed by atoms with Gasteiger partial charge in [-0.1, -0.05) is 34.6 Å². The molecule has 1 rings (SSSR count). The lowest BCUT2D eigenvalue weighted by atomic mass is 9.80. The third kappa shape index (κ3) is 11.4. The smallest absolute Gasteiger partial charge is 0.311 e. The molecule has 0 unspecified atom stereocenters. The molecule has 10 heteroatoms. The second-order valence-electron chi connectivity index (χ2n) is 16.9. The number of cyclic esters (lactones) is 1. The molecule has 254 valence electrons. The van der Waals surface area contributed by atoms with Crippen LogP contribution in [-0.2, 0) is 27.5 Å². The van der Waals surface area contributed by atoms with E-state index in [-0.39, 0.29) is 29.5 Å². The van der Waals surface area contributed by atoms with E-state index in [4.69, 9.17) is 22.8 Å². The Labute approximate surface area is 268 Å². The molecular weight excluding hydrogens is 593 g/mol. The minimum atomic E-state index is -2.31. The van der Waals surface area contributed by atoms with E-state index in [0.717, 1.165) is 5.57 Å². The predicted octanol–water partition coefficient (Wildman–Crippen LogP) is 8.31. The van der Waals surface area contributed by atoms with Crippen molar-refractivity contribution in [2.24, 2.45) is 11.8 Å². The van der Waals surface area contributed by atoms with Crippen LogP contribution in [0, 0.1) is 11.8 Å². The molecule has 0 spiro atoms. The van der Waals surface area contributed by atoms with E-state index in [2.05, 4.69) is 100.0 Å². The molecule has 7 nitrogen and oxygen atoms in total. The average molecular weight is 661 g/mol. The largest absolute Gasteiger partial charge is 0.459 e. The Hall–Kier alpha value is -0.339. The summed E-state index contributed by atoms with van der Waals surface area (Å²) in [6.45, 7) is 36.2. The normalized spacial score (nSPS) is 36.0. The van der Waals surface area contributed by atoms with Crippen LogP contribution in [0.2, 0.25) is 57.4 Å². The van der Waals surface area contributed by atoms with Crippen molar-refractivity contribution < 1.29 is 32.7 Å². The van der Waals surface area contributed by atoms with Crippen LogP contribution in [0.4, 0.5) is 0 Å². The van der Waals surface area contributed by atoms with Crippen molar-refractivity contribution in [2.45, 2.75) is 175 Å². The molecule has 1 aliphatic heterocycles. The summed E-state index contributed by atoms with van der Waals surface area (Å²) in [5, 5.41) is 11.7. The summed E-state index contributed by atoms with van der Waals surface area (Å²) in [4.78, 5) is 14.0. The Balaban J connectivity index is 3.94. The van der Waals surface area contributed by atoms with Gasteiger partial charge in [-0.15, -0.1) is 0 Å². The monoisotopic (exact) mass is 660 g/mol. The molecule has 0 aromatic heterocycles. The third-order valence-electron chi connectivity index (χ3n) is 9.29. The van der Waals surface area contributed by atoms with Crippen molar-refractivity contribution in [1.29, 1.82) is 0 Å². The van der Waals surface area contributed by atoms with Crippen molar-refractivity contribution in [3.63, 3.8) is 0 Å². The Morgan fingerprint density at radius 1 is 1.00 bits per heavy atom. The van der Waals surface area contributed by atoms with Crippen LogP contribution in [0.15, 0.2) is 11.6 Å². The highest BCUT2D eigenvalue weighted by Gasteiger charge is 2.47. The Morgan fingerprint density at radius 2 is 1.53 bits per heavy atom. The van der Waals surface area contributed by atoms with E-state index >= 15 is 0 Å². The lowest BCUT2D eigenvalue weighted by Crippen LogP contribution is -2.53. The molecule has 1 N–H and O–H groups in total. The molecule has 0 aromatic rings. The average Bonchev–Trinajstić information content (AvgIpc) is 2.81. The number of carbonyl (C=O) groups is 1. The van der Waals surface area contributed by atoms with Gasteiger partial charge in [0, 0.05) is 13.5 Å². The zero-order valence-electron chi connectivity index (χ0n) is 31.1. The van der Waals surface area contributed by atoms with Crippen molar-refractivity contribution in [1.82, 2.24) is 0 Å². The Morgan fingerprint density at radius 3 is 1.95 bits per heavy atom. The van der Waals surface area contributed by atoms with Gasteiger partial charge in [0.05, 0.1) is 29.8 Å². The molecule has 0 aromatic carbocycles. The highest BCUT2D eigenvalue weighted by Crippen LogP contribution is 2.41. The SMILES string of the molecule is CC[C@H]1OC(=O)[C@H](C)[C@@H](O[Si](C)(C)C(C)(C)C)C[C@@H](O)[C@](C)(OC)C[C@@H](C)[C@@H](O[Si](C)(C)C)/C(C)=C/[C@]1(C)O[Si](C)(C)C. The van der Waals surface area contributed by atoms with E-state index < -0.39 is 60.4 Å². The predicted molar refractivity (Wildman–Crippen MR) is 186 cm³/mol. The van der Waals surface area contributed by atoms with Crippen LogP contribution in [0.25, 0.3) is 0 Å². The molecule has 8 atom stereocenters. The summed E-state index contributed by atoms with van der Waals surface area (Å²) in [7, 11) is -4.72. The summed E-state index contributed by atoms with van der Waals surface area (Å²) < 4.78 is 33.1. The fourth-order valence-electron chi connectivity index (χ4n) is 5.91. The van der Waals surface area contributed by atoms with Gasteiger partial charge >= 0.3 is 5.97 Å². The van der Waals surface area contributed by atoms with Gasteiger partial charge in [0.1, 0.15) is 11.7 Å². The summed E-state index contributed by atoms with van der Waals surface area (Å²) in [5.74, 6) is -0.899. The molecule has 0 fully saturated rings. The maximum atomic E-state index is 14.0. The molecule has 0 saturated heterocycles. The molecule has 1 aliphatic rings. The van der Waals surface area contributed by atoms with Crippen LogP contribution >= 0.6 is 0 Å².